The number of aromatic nitrogens is 3. The SMILES string of the molecule is CCCNC(CSc1nnc(C2CC2)n1C1CC1)C(N)=O. The Kier molecular flexibility index (Phi) is 4.49. The predicted octanol–water partition coefficient (Wildman–Crippen LogP) is 1.44. The van der Waals surface area contributed by atoms with E-state index in [2.05, 4.69) is 27.0 Å². The first-order valence-electron chi connectivity index (χ1n) is 7.81. The lowest BCUT2D eigenvalue weighted by molar-refractivity contribution is -0.119. The molecule has 0 saturated heterocycles. The average Bonchev–Trinajstić information content (AvgIpc) is 3.37. The van der Waals surface area contributed by atoms with Crippen LogP contribution in [0, 0.1) is 0 Å². The quantitative estimate of drug-likeness (QED) is 0.674. The van der Waals surface area contributed by atoms with Crippen molar-refractivity contribution in [1.82, 2.24) is 20.1 Å². The van der Waals surface area contributed by atoms with Crippen LogP contribution in [0.25, 0.3) is 0 Å². The number of carbonyl (C=O) groups is 1. The molecule has 0 spiro atoms. The third kappa shape index (κ3) is 3.58. The van der Waals surface area contributed by atoms with Gasteiger partial charge in [-0.15, -0.1) is 10.2 Å². The number of nitrogens with two attached hydrogens (primary N) is 1. The molecule has 1 amide bonds. The highest BCUT2D eigenvalue weighted by Gasteiger charge is 2.36. The summed E-state index contributed by atoms with van der Waals surface area (Å²) in [6.45, 7) is 2.88. The number of hydrogen-bond donors (Lipinski definition) is 2. The third-order valence-corrected chi connectivity index (χ3v) is 4.95. The number of thioether (sulfide) groups is 1. The molecule has 1 heterocycles. The van der Waals surface area contributed by atoms with E-state index in [1.165, 1.54) is 25.7 Å². The zero-order chi connectivity index (χ0) is 14.8. The molecule has 0 bridgehead atoms. The molecular formula is C14H23N5OS. The van der Waals surface area contributed by atoms with Crippen LogP contribution in [-0.4, -0.2) is 39.0 Å². The average molecular weight is 309 g/mol. The van der Waals surface area contributed by atoms with Crippen LogP contribution in [0.2, 0.25) is 0 Å². The van der Waals surface area contributed by atoms with E-state index in [4.69, 9.17) is 5.73 Å². The standard InChI is InChI=1S/C14H23N5OS/c1-2-7-16-11(12(15)20)8-21-14-18-17-13(9-3-4-9)19(14)10-5-6-10/h9-11,16H,2-8H2,1H3,(H2,15,20). The number of carbonyl (C=O) groups excluding carboxylic acids is 1. The fourth-order valence-electron chi connectivity index (χ4n) is 2.40. The first-order valence-corrected chi connectivity index (χ1v) is 8.79. The summed E-state index contributed by atoms with van der Waals surface area (Å²) < 4.78 is 2.31. The summed E-state index contributed by atoms with van der Waals surface area (Å²) in [5.74, 6) is 2.08. The van der Waals surface area contributed by atoms with E-state index >= 15 is 0 Å². The van der Waals surface area contributed by atoms with Crippen LogP contribution >= 0.6 is 11.8 Å². The second-order valence-electron chi connectivity index (χ2n) is 5.94. The van der Waals surface area contributed by atoms with Gasteiger partial charge in [0.15, 0.2) is 5.16 Å². The van der Waals surface area contributed by atoms with Crippen molar-refractivity contribution in [2.45, 2.75) is 62.2 Å². The van der Waals surface area contributed by atoms with Crippen molar-refractivity contribution in [3.63, 3.8) is 0 Å². The second-order valence-corrected chi connectivity index (χ2v) is 6.92. The fraction of sp³-hybridized carbons (Fsp3) is 0.786. The topological polar surface area (TPSA) is 85.8 Å². The number of rotatable bonds is 9. The maximum Gasteiger partial charge on any atom is 0.235 e. The third-order valence-electron chi connectivity index (χ3n) is 3.91. The van der Waals surface area contributed by atoms with Crippen LogP contribution in [0.4, 0.5) is 0 Å². The highest BCUT2D eigenvalue weighted by molar-refractivity contribution is 7.99. The monoisotopic (exact) mass is 309 g/mol. The van der Waals surface area contributed by atoms with Gasteiger partial charge in [0, 0.05) is 17.7 Å². The van der Waals surface area contributed by atoms with Crippen molar-refractivity contribution in [3.05, 3.63) is 5.82 Å². The number of primary amides is 1. The van der Waals surface area contributed by atoms with Crippen LogP contribution in [0.3, 0.4) is 0 Å². The Morgan fingerprint density at radius 2 is 2.19 bits per heavy atom. The molecule has 1 aromatic heterocycles. The maximum absolute atomic E-state index is 11.5. The van der Waals surface area contributed by atoms with E-state index in [0.717, 1.165) is 23.9 Å². The summed E-state index contributed by atoms with van der Waals surface area (Å²) in [7, 11) is 0. The molecule has 1 aromatic rings. The van der Waals surface area contributed by atoms with Crippen molar-refractivity contribution < 1.29 is 4.79 Å². The van der Waals surface area contributed by atoms with Crippen molar-refractivity contribution in [3.8, 4) is 0 Å². The Morgan fingerprint density at radius 3 is 2.76 bits per heavy atom. The minimum atomic E-state index is -0.302. The molecular weight excluding hydrogens is 286 g/mol. The van der Waals surface area contributed by atoms with E-state index in [9.17, 15) is 4.79 Å². The Bertz CT molecular complexity index is 509. The highest BCUT2D eigenvalue weighted by atomic mass is 32.2. The number of nitrogens with one attached hydrogen (secondary N) is 1. The van der Waals surface area contributed by atoms with Crippen LogP contribution in [-0.2, 0) is 4.79 Å². The molecule has 3 N–H and O–H groups in total. The molecule has 0 aromatic carbocycles. The Labute approximate surface area is 129 Å². The van der Waals surface area contributed by atoms with Gasteiger partial charge in [-0.3, -0.25) is 4.79 Å². The first kappa shape index (κ1) is 14.8. The minimum absolute atomic E-state index is 0.296. The van der Waals surface area contributed by atoms with Crippen LogP contribution in [0.15, 0.2) is 5.16 Å². The van der Waals surface area contributed by atoms with E-state index < -0.39 is 0 Å². The molecule has 2 aliphatic rings. The molecule has 0 radical (unpaired) electrons. The van der Waals surface area contributed by atoms with Gasteiger partial charge in [0.1, 0.15) is 5.82 Å². The second kappa shape index (κ2) is 6.36. The number of nitrogens with zero attached hydrogens (tertiary/aromatic N) is 3. The lowest BCUT2D eigenvalue weighted by atomic mass is 10.3. The minimum Gasteiger partial charge on any atom is -0.368 e. The van der Waals surface area contributed by atoms with Gasteiger partial charge in [-0.2, -0.15) is 0 Å². The molecule has 7 heteroatoms. The van der Waals surface area contributed by atoms with Crippen molar-refractivity contribution in [2.75, 3.05) is 12.3 Å². The smallest absolute Gasteiger partial charge is 0.235 e. The van der Waals surface area contributed by atoms with Crippen molar-refractivity contribution >= 4 is 17.7 Å². The Hall–Kier alpha value is -1.08. The van der Waals surface area contributed by atoms with E-state index in [0.29, 0.717) is 17.7 Å². The summed E-state index contributed by atoms with van der Waals surface area (Å²) in [5.41, 5.74) is 5.46. The summed E-state index contributed by atoms with van der Waals surface area (Å²) >= 11 is 1.59. The van der Waals surface area contributed by atoms with E-state index in [-0.39, 0.29) is 11.9 Å². The Balaban J connectivity index is 1.65. The highest BCUT2D eigenvalue weighted by Crippen LogP contribution is 2.45. The van der Waals surface area contributed by atoms with Gasteiger partial charge in [-0.25, -0.2) is 0 Å². The summed E-state index contributed by atoms with van der Waals surface area (Å²) in [4.78, 5) is 11.5. The lowest BCUT2D eigenvalue weighted by Crippen LogP contribution is -2.43. The maximum atomic E-state index is 11.5. The molecule has 2 saturated carbocycles. The molecule has 0 aliphatic heterocycles. The van der Waals surface area contributed by atoms with Crippen LogP contribution in [0.5, 0.6) is 0 Å². The van der Waals surface area contributed by atoms with Gasteiger partial charge < -0.3 is 15.6 Å². The molecule has 1 unspecified atom stereocenters. The van der Waals surface area contributed by atoms with Gasteiger partial charge in [0.25, 0.3) is 0 Å². The molecule has 116 valence electrons. The van der Waals surface area contributed by atoms with Crippen molar-refractivity contribution in [2.24, 2.45) is 5.73 Å². The van der Waals surface area contributed by atoms with Gasteiger partial charge in [-0.05, 0) is 38.6 Å². The molecule has 21 heavy (non-hydrogen) atoms. The largest absolute Gasteiger partial charge is 0.368 e. The molecule has 2 aliphatic carbocycles. The zero-order valence-corrected chi connectivity index (χ0v) is 13.2. The molecule has 3 rings (SSSR count). The van der Waals surface area contributed by atoms with Gasteiger partial charge in [-0.1, -0.05) is 18.7 Å². The predicted molar refractivity (Wildman–Crippen MR) is 82.3 cm³/mol. The summed E-state index contributed by atoms with van der Waals surface area (Å²) in [6.07, 6.45) is 5.89. The lowest BCUT2D eigenvalue weighted by Gasteiger charge is -2.14. The first-order chi connectivity index (χ1) is 10.2. The molecule has 2 fully saturated rings. The summed E-state index contributed by atoms with van der Waals surface area (Å²) in [5, 5.41) is 12.9. The van der Waals surface area contributed by atoms with E-state index in [1.54, 1.807) is 11.8 Å². The Morgan fingerprint density at radius 1 is 1.43 bits per heavy atom. The number of amides is 1. The fourth-order valence-corrected chi connectivity index (χ4v) is 3.48. The summed E-state index contributed by atoms with van der Waals surface area (Å²) in [6, 6.07) is 0.275. The van der Waals surface area contributed by atoms with E-state index in [1.807, 2.05) is 0 Å². The zero-order valence-electron chi connectivity index (χ0n) is 12.4. The molecule has 1 atom stereocenters. The molecule has 6 nitrogen and oxygen atoms in total. The van der Waals surface area contributed by atoms with Crippen molar-refractivity contribution in [1.29, 1.82) is 0 Å². The van der Waals surface area contributed by atoms with Gasteiger partial charge in [0.2, 0.25) is 5.91 Å². The van der Waals surface area contributed by atoms with Crippen LogP contribution in [0.1, 0.15) is 56.8 Å². The normalized spacial score (nSPS) is 19.7. The van der Waals surface area contributed by atoms with Gasteiger partial charge >= 0.3 is 0 Å². The number of hydrogen-bond acceptors (Lipinski definition) is 5. The van der Waals surface area contributed by atoms with Crippen LogP contribution < -0.4 is 11.1 Å². The van der Waals surface area contributed by atoms with Gasteiger partial charge in [0.05, 0.1) is 6.04 Å².